The molecule has 0 N–H and O–H groups in total. The van der Waals surface area contributed by atoms with Crippen LogP contribution in [-0.4, -0.2) is 24.4 Å². The Bertz CT molecular complexity index is 161. The van der Waals surface area contributed by atoms with Crippen molar-refractivity contribution in [1.29, 1.82) is 0 Å². The Morgan fingerprint density at radius 3 is 2.36 bits per heavy atom. The number of rotatable bonds is 3. The highest BCUT2D eigenvalue weighted by atomic mass is 16.2. The average Bonchev–Trinajstić information content (AvgIpc) is 1.99. The van der Waals surface area contributed by atoms with Gasteiger partial charge in [0.25, 0.3) is 0 Å². The lowest BCUT2D eigenvalue weighted by Crippen LogP contribution is -2.23. The van der Waals surface area contributed by atoms with Crippen molar-refractivity contribution in [2.24, 2.45) is 0 Å². The molecule has 11 heavy (non-hydrogen) atoms. The topological polar surface area (TPSA) is 20.3 Å². The first kappa shape index (κ1) is 10.2. The Morgan fingerprint density at radius 1 is 1.45 bits per heavy atom. The first-order valence-electron chi connectivity index (χ1n) is 3.95. The summed E-state index contributed by atoms with van der Waals surface area (Å²) in [6.07, 6.45) is 3.15. The molecule has 0 aromatic rings. The van der Waals surface area contributed by atoms with Crippen LogP contribution in [0.1, 0.15) is 27.2 Å². The van der Waals surface area contributed by atoms with E-state index in [0.717, 1.165) is 13.0 Å². The second-order valence-corrected chi connectivity index (χ2v) is 2.80. The molecule has 0 bridgehead atoms. The third kappa shape index (κ3) is 4.59. The second-order valence-electron chi connectivity index (χ2n) is 2.80. The van der Waals surface area contributed by atoms with Gasteiger partial charge in [0.2, 0.25) is 5.91 Å². The summed E-state index contributed by atoms with van der Waals surface area (Å²) in [6.45, 7) is 6.50. The molecule has 0 atom stereocenters. The third-order valence-corrected chi connectivity index (χ3v) is 1.81. The lowest BCUT2D eigenvalue weighted by atomic mass is 10.2. The number of nitrogens with zero attached hydrogens (tertiary/aromatic N) is 1. The Kier molecular flexibility index (Phi) is 4.59. The number of allylic oxidation sites excluding steroid dienone is 1. The van der Waals surface area contributed by atoms with Crippen LogP contribution in [0.3, 0.4) is 0 Å². The minimum Gasteiger partial charge on any atom is -0.342 e. The highest BCUT2D eigenvalue weighted by Gasteiger charge is 1.97. The summed E-state index contributed by atoms with van der Waals surface area (Å²) in [5.41, 5.74) is 1.33. The minimum atomic E-state index is 0.116. The summed E-state index contributed by atoms with van der Waals surface area (Å²) in [7, 11) is 1.81. The predicted octanol–water partition coefficient (Wildman–Crippen LogP) is 1.82. The van der Waals surface area contributed by atoms with E-state index in [9.17, 15) is 4.79 Å². The molecule has 2 nitrogen and oxygen atoms in total. The van der Waals surface area contributed by atoms with E-state index in [4.69, 9.17) is 0 Å². The molecule has 0 radical (unpaired) electrons. The summed E-state index contributed by atoms with van der Waals surface area (Å²) in [5.74, 6) is 0.116. The van der Waals surface area contributed by atoms with E-state index in [0.29, 0.717) is 0 Å². The highest BCUT2D eigenvalue weighted by Crippen LogP contribution is 1.97. The summed E-state index contributed by atoms with van der Waals surface area (Å²) in [5, 5.41) is 0. The number of carbonyl (C=O) groups is 1. The number of amides is 1. The van der Waals surface area contributed by atoms with Gasteiger partial charge in [0.15, 0.2) is 0 Å². The van der Waals surface area contributed by atoms with Crippen LogP contribution in [0.4, 0.5) is 0 Å². The highest BCUT2D eigenvalue weighted by molar-refractivity contribution is 5.72. The van der Waals surface area contributed by atoms with Gasteiger partial charge in [-0.15, -0.1) is 0 Å². The van der Waals surface area contributed by atoms with Crippen LogP contribution in [0.25, 0.3) is 0 Å². The standard InChI is InChI=1S/C9H17NO/c1-5-8(2)6-7-10(4)9(3)11/h6H,5,7H2,1-4H3/b8-6+. The van der Waals surface area contributed by atoms with Crippen LogP contribution in [0, 0.1) is 0 Å². The summed E-state index contributed by atoms with van der Waals surface area (Å²) in [4.78, 5) is 12.4. The molecule has 2 heteroatoms. The van der Waals surface area contributed by atoms with Crippen molar-refractivity contribution in [3.63, 3.8) is 0 Å². The van der Waals surface area contributed by atoms with Crippen molar-refractivity contribution in [3.8, 4) is 0 Å². The van der Waals surface area contributed by atoms with Gasteiger partial charge in [0.1, 0.15) is 0 Å². The monoisotopic (exact) mass is 155 g/mol. The lowest BCUT2D eigenvalue weighted by molar-refractivity contribution is -0.127. The quantitative estimate of drug-likeness (QED) is 0.569. The summed E-state index contributed by atoms with van der Waals surface area (Å²) < 4.78 is 0. The first-order chi connectivity index (χ1) is 5.07. The van der Waals surface area contributed by atoms with Crippen molar-refractivity contribution in [1.82, 2.24) is 4.90 Å². The van der Waals surface area contributed by atoms with E-state index in [1.807, 2.05) is 7.05 Å². The van der Waals surface area contributed by atoms with Crippen LogP contribution in [0.2, 0.25) is 0 Å². The zero-order chi connectivity index (χ0) is 8.85. The molecule has 1 amide bonds. The Balaban J connectivity index is 3.78. The summed E-state index contributed by atoms with van der Waals surface area (Å²) in [6, 6.07) is 0. The van der Waals surface area contributed by atoms with Crippen LogP contribution < -0.4 is 0 Å². The third-order valence-electron chi connectivity index (χ3n) is 1.81. The zero-order valence-corrected chi connectivity index (χ0v) is 7.85. The van der Waals surface area contributed by atoms with Crippen molar-refractivity contribution in [3.05, 3.63) is 11.6 Å². The number of likely N-dealkylation sites (N-methyl/N-ethyl adjacent to an activating group) is 1. The van der Waals surface area contributed by atoms with Gasteiger partial charge in [0.05, 0.1) is 0 Å². The molecule has 0 spiro atoms. The Hall–Kier alpha value is -0.790. The van der Waals surface area contributed by atoms with Crippen molar-refractivity contribution >= 4 is 5.91 Å². The molecule has 0 unspecified atom stereocenters. The van der Waals surface area contributed by atoms with Gasteiger partial charge in [-0.1, -0.05) is 18.6 Å². The molecule has 0 aromatic carbocycles. The molecule has 0 fully saturated rings. The second kappa shape index (κ2) is 4.94. The minimum absolute atomic E-state index is 0.116. The molecule has 0 heterocycles. The molecule has 0 saturated heterocycles. The van der Waals surface area contributed by atoms with Gasteiger partial charge in [0, 0.05) is 20.5 Å². The van der Waals surface area contributed by atoms with Crippen molar-refractivity contribution < 1.29 is 4.79 Å². The Labute approximate surface area is 68.9 Å². The maximum absolute atomic E-state index is 10.7. The van der Waals surface area contributed by atoms with Crippen molar-refractivity contribution in [2.75, 3.05) is 13.6 Å². The van der Waals surface area contributed by atoms with Gasteiger partial charge in [-0.2, -0.15) is 0 Å². The van der Waals surface area contributed by atoms with E-state index in [1.54, 1.807) is 11.8 Å². The smallest absolute Gasteiger partial charge is 0.219 e. The van der Waals surface area contributed by atoms with Gasteiger partial charge in [-0.3, -0.25) is 4.79 Å². The molecular weight excluding hydrogens is 138 g/mol. The Morgan fingerprint density at radius 2 is 2.00 bits per heavy atom. The molecule has 64 valence electrons. The van der Waals surface area contributed by atoms with Gasteiger partial charge < -0.3 is 4.90 Å². The summed E-state index contributed by atoms with van der Waals surface area (Å²) >= 11 is 0. The molecular formula is C9H17NO. The van der Waals surface area contributed by atoms with Crippen LogP contribution in [0.5, 0.6) is 0 Å². The zero-order valence-electron chi connectivity index (χ0n) is 7.85. The molecule has 0 rings (SSSR count). The van der Waals surface area contributed by atoms with Crippen LogP contribution in [0.15, 0.2) is 11.6 Å². The van der Waals surface area contributed by atoms with E-state index >= 15 is 0 Å². The average molecular weight is 155 g/mol. The van der Waals surface area contributed by atoms with E-state index in [-0.39, 0.29) is 5.91 Å². The molecule has 0 aliphatic heterocycles. The van der Waals surface area contributed by atoms with E-state index < -0.39 is 0 Å². The maximum Gasteiger partial charge on any atom is 0.219 e. The van der Waals surface area contributed by atoms with Gasteiger partial charge >= 0.3 is 0 Å². The van der Waals surface area contributed by atoms with E-state index in [2.05, 4.69) is 19.9 Å². The van der Waals surface area contributed by atoms with Crippen LogP contribution in [-0.2, 0) is 4.79 Å². The fraction of sp³-hybridized carbons (Fsp3) is 0.667. The molecule has 0 aliphatic carbocycles. The largest absolute Gasteiger partial charge is 0.342 e. The molecule has 0 aliphatic rings. The van der Waals surface area contributed by atoms with Crippen LogP contribution >= 0.6 is 0 Å². The molecule has 0 aromatic heterocycles. The number of hydrogen-bond donors (Lipinski definition) is 0. The lowest BCUT2D eigenvalue weighted by Gasteiger charge is -2.11. The number of hydrogen-bond acceptors (Lipinski definition) is 1. The van der Waals surface area contributed by atoms with Gasteiger partial charge in [-0.05, 0) is 13.3 Å². The predicted molar refractivity (Wildman–Crippen MR) is 47.4 cm³/mol. The molecule has 0 saturated carbocycles. The normalized spacial score (nSPS) is 11.5. The van der Waals surface area contributed by atoms with Crippen molar-refractivity contribution in [2.45, 2.75) is 27.2 Å². The van der Waals surface area contributed by atoms with Gasteiger partial charge in [-0.25, -0.2) is 0 Å². The SMILES string of the molecule is CC/C(C)=C/CN(C)C(C)=O. The van der Waals surface area contributed by atoms with E-state index in [1.165, 1.54) is 5.57 Å². The maximum atomic E-state index is 10.7. The first-order valence-corrected chi connectivity index (χ1v) is 3.95. The fourth-order valence-corrected chi connectivity index (χ4v) is 0.566. The number of carbonyl (C=O) groups excluding carboxylic acids is 1. The fourth-order valence-electron chi connectivity index (χ4n) is 0.566.